The van der Waals surface area contributed by atoms with Crippen LogP contribution in [0.15, 0.2) is 30.3 Å². The summed E-state index contributed by atoms with van der Waals surface area (Å²) in [6.45, 7) is 11.5. The Kier molecular flexibility index (Phi) is 8.05. The smallest absolute Gasteiger partial charge is 0.218 e. The van der Waals surface area contributed by atoms with Gasteiger partial charge in [-0.3, -0.25) is 4.18 Å². The highest BCUT2D eigenvalue weighted by Gasteiger charge is 2.59. The van der Waals surface area contributed by atoms with E-state index in [0.29, 0.717) is 19.4 Å². The van der Waals surface area contributed by atoms with Crippen molar-refractivity contribution in [2.75, 3.05) is 13.2 Å². The highest BCUT2D eigenvalue weighted by molar-refractivity contribution is 7.80. The zero-order valence-corrected chi connectivity index (χ0v) is 25.6. The SMILES string of the molecule is CC1(C)O[C@@H]2[C@@H]([C@H]3COC(C)(C)O3)[C@H](C[C@@H]3OC(c4ccccc4)O[C@H]([C@H]4COC(C)(C)O4)C3OS(=O)(=O)[O-])C[C@@H]2O1. The van der Waals surface area contributed by atoms with Gasteiger partial charge in [-0.2, -0.15) is 0 Å². The molecule has 4 saturated heterocycles. The Balaban J connectivity index is 1.33. The Morgan fingerprint density at radius 2 is 1.43 bits per heavy atom. The molecule has 1 aromatic carbocycles. The first-order valence-corrected chi connectivity index (χ1v) is 15.9. The molecule has 1 aromatic rings. The first-order valence-electron chi connectivity index (χ1n) is 14.6. The molecule has 10 atom stereocenters. The summed E-state index contributed by atoms with van der Waals surface area (Å²) in [4.78, 5) is 0. The van der Waals surface area contributed by atoms with Gasteiger partial charge >= 0.3 is 0 Å². The Hall–Kier alpha value is -1.23. The molecule has 6 rings (SSSR count). The highest BCUT2D eigenvalue weighted by atomic mass is 32.3. The molecule has 13 heteroatoms. The molecule has 0 spiro atoms. The van der Waals surface area contributed by atoms with Gasteiger partial charge in [-0.05, 0) is 60.3 Å². The number of benzene rings is 1. The monoisotopic (exact) mass is 613 g/mol. The van der Waals surface area contributed by atoms with Crippen molar-refractivity contribution in [1.29, 1.82) is 0 Å². The Bertz CT molecular complexity index is 1220. The molecule has 1 aliphatic carbocycles. The fraction of sp³-hybridized carbons (Fsp3) is 0.793. The van der Waals surface area contributed by atoms with Crippen molar-refractivity contribution < 1.29 is 55.0 Å². The van der Waals surface area contributed by atoms with Crippen molar-refractivity contribution >= 4 is 10.4 Å². The number of fused-ring (bicyclic) bond motifs is 1. The van der Waals surface area contributed by atoms with Crippen LogP contribution >= 0.6 is 0 Å². The molecule has 236 valence electrons. The summed E-state index contributed by atoms with van der Waals surface area (Å²) in [6, 6.07) is 9.32. The van der Waals surface area contributed by atoms with Crippen molar-refractivity contribution in [2.45, 2.75) is 121 Å². The zero-order valence-electron chi connectivity index (χ0n) is 24.8. The van der Waals surface area contributed by atoms with E-state index in [9.17, 15) is 13.0 Å². The van der Waals surface area contributed by atoms with E-state index in [1.165, 1.54) is 0 Å². The molecule has 0 amide bonds. The van der Waals surface area contributed by atoms with Crippen LogP contribution < -0.4 is 0 Å². The van der Waals surface area contributed by atoms with E-state index in [1.807, 2.05) is 58.0 Å². The fourth-order valence-corrected chi connectivity index (χ4v) is 7.66. The van der Waals surface area contributed by atoms with Crippen LogP contribution in [0, 0.1) is 11.8 Å². The lowest BCUT2D eigenvalue weighted by Gasteiger charge is -2.45. The summed E-state index contributed by atoms with van der Waals surface area (Å²) < 4.78 is 90.9. The van der Waals surface area contributed by atoms with E-state index < -0.39 is 58.5 Å². The minimum atomic E-state index is -5.14. The van der Waals surface area contributed by atoms with Crippen molar-refractivity contribution in [3.63, 3.8) is 0 Å². The zero-order chi connectivity index (χ0) is 30.1. The van der Waals surface area contributed by atoms with E-state index >= 15 is 0 Å². The summed E-state index contributed by atoms with van der Waals surface area (Å²) in [6.07, 6.45) is -4.49. The molecule has 42 heavy (non-hydrogen) atoms. The molecular weight excluding hydrogens is 572 g/mol. The highest BCUT2D eigenvalue weighted by Crippen LogP contribution is 2.51. The van der Waals surface area contributed by atoms with Gasteiger partial charge < -0.3 is 42.4 Å². The summed E-state index contributed by atoms with van der Waals surface area (Å²) >= 11 is 0. The van der Waals surface area contributed by atoms with Gasteiger partial charge in [0.1, 0.15) is 18.3 Å². The third kappa shape index (κ3) is 6.57. The lowest BCUT2D eigenvalue weighted by atomic mass is 9.83. The lowest BCUT2D eigenvalue weighted by molar-refractivity contribution is -0.307. The molecule has 1 saturated carbocycles. The fourth-order valence-electron chi connectivity index (χ4n) is 7.15. The van der Waals surface area contributed by atoms with Crippen LogP contribution in [0.3, 0.4) is 0 Å². The minimum Gasteiger partial charge on any atom is -0.726 e. The maximum Gasteiger partial charge on any atom is 0.218 e. The third-order valence-corrected chi connectivity index (χ3v) is 9.10. The van der Waals surface area contributed by atoms with Crippen molar-refractivity contribution in [1.82, 2.24) is 0 Å². The third-order valence-electron chi connectivity index (χ3n) is 8.64. The lowest BCUT2D eigenvalue weighted by Crippen LogP contribution is -2.56. The summed E-state index contributed by atoms with van der Waals surface area (Å²) in [5.41, 5.74) is 0.733. The topological polar surface area (TPSA) is 140 Å². The minimum absolute atomic E-state index is 0.101. The molecule has 0 bridgehead atoms. The summed E-state index contributed by atoms with van der Waals surface area (Å²) in [5.74, 6) is -2.67. The van der Waals surface area contributed by atoms with Crippen molar-refractivity contribution in [3.05, 3.63) is 35.9 Å². The number of hydrogen-bond acceptors (Lipinski definition) is 12. The average Bonchev–Trinajstić information content (AvgIpc) is 3.59. The standard InChI is InChI=1S/C29H42O12S/c1-27(2)33-14-20(38-27)22-17(13-19-23(22)40-29(5,6)37-19)12-18-25(41-42(30,31)32)24(21-15-34-28(3,4)39-21)36-26(35-18)16-10-8-7-9-11-16/h7-11,17-26H,12-15H2,1-6H3,(H,30,31,32)/p-1/t17-,18+,19+,20-,21-,22-,23+,24-,25?,26?/m1/s1. The first kappa shape index (κ1) is 30.8. The maximum absolute atomic E-state index is 12.1. The van der Waals surface area contributed by atoms with E-state index in [2.05, 4.69) is 0 Å². The molecule has 0 aromatic heterocycles. The molecule has 0 N–H and O–H groups in total. The van der Waals surface area contributed by atoms with Crippen LogP contribution in [-0.4, -0.2) is 86.3 Å². The molecule has 5 aliphatic rings. The van der Waals surface area contributed by atoms with Gasteiger partial charge in [0.15, 0.2) is 23.7 Å². The molecule has 5 fully saturated rings. The summed E-state index contributed by atoms with van der Waals surface area (Å²) in [7, 11) is -5.14. The average molecular weight is 614 g/mol. The molecule has 4 heterocycles. The van der Waals surface area contributed by atoms with Crippen LogP contribution in [0.1, 0.15) is 66.2 Å². The second-order valence-electron chi connectivity index (χ2n) is 13.2. The molecule has 4 aliphatic heterocycles. The van der Waals surface area contributed by atoms with Crippen LogP contribution in [0.5, 0.6) is 0 Å². The second kappa shape index (κ2) is 11.0. The normalized spacial score (nSPS) is 42.5. The molecule has 2 unspecified atom stereocenters. The first-order chi connectivity index (χ1) is 19.6. The van der Waals surface area contributed by atoms with Gasteiger partial charge in [-0.25, -0.2) is 8.42 Å². The van der Waals surface area contributed by atoms with Crippen LogP contribution in [0.4, 0.5) is 0 Å². The second-order valence-corrected chi connectivity index (χ2v) is 14.2. The predicted octanol–water partition coefficient (Wildman–Crippen LogP) is 3.16. The Morgan fingerprint density at radius 1 is 0.810 bits per heavy atom. The Labute approximate surface area is 247 Å². The number of hydrogen-bond donors (Lipinski definition) is 0. The molecular formula is C29H41O12S-. The van der Waals surface area contributed by atoms with E-state index in [-0.39, 0.29) is 36.8 Å². The van der Waals surface area contributed by atoms with E-state index in [1.54, 1.807) is 13.8 Å². The number of rotatable bonds is 7. The molecule has 12 nitrogen and oxygen atoms in total. The van der Waals surface area contributed by atoms with Crippen LogP contribution in [0.25, 0.3) is 0 Å². The summed E-state index contributed by atoms with van der Waals surface area (Å²) in [5, 5.41) is 0. The van der Waals surface area contributed by atoms with E-state index in [0.717, 1.165) is 5.56 Å². The number of ether oxygens (including phenoxy) is 8. The van der Waals surface area contributed by atoms with Gasteiger partial charge in [0.2, 0.25) is 10.4 Å². The van der Waals surface area contributed by atoms with Gasteiger partial charge in [0.05, 0.1) is 37.6 Å². The van der Waals surface area contributed by atoms with Gasteiger partial charge in [0, 0.05) is 11.5 Å². The molecule has 0 radical (unpaired) electrons. The quantitative estimate of drug-likeness (QED) is 0.330. The van der Waals surface area contributed by atoms with Crippen LogP contribution in [0.2, 0.25) is 0 Å². The van der Waals surface area contributed by atoms with Crippen molar-refractivity contribution in [2.24, 2.45) is 11.8 Å². The van der Waals surface area contributed by atoms with Gasteiger partial charge in [-0.15, -0.1) is 0 Å². The predicted molar refractivity (Wildman–Crippen MR) is 143 cm³/mol. The Morgan fingerprint density at radius 3 is 2.02 bits per heavy atom. The van der Waals surface area contributed by atoms with E-state index in [4.69, 9.17) is 42.1 Å². The van der Waals surface area contributed by atoms with Crippen molar-refractivity contribution in [3.8, 4) is 0 Å². The van der Waals surface area contributed by atoms with Gasteiger partial charge in [-0.1, -0.05) is 30.3 Å². The van der Waals surface area contributed by atoms with Crippen LogP contribution in [-0.2, 0) is 52.5 Å². The maximum atomic E-state index is 12.1. The van der Waals surface area contributed by atoms with Gasteiger partial charge in [0.25, 0.3) is 0 Å². The largest absolute Gasteiger partial charge is 0.726 e.